The third-order valence-corrected chi connectivity index (χ3v) is 7.63. The van der Waals surface area contributed by atoms with E-state index in [2.05, 4.69) is 27.7 Å². The van der Waals surface area contributed by atoms with Gasteiger partial charge in [0.1, 0.15) is 0 Å². The van der Waals surface area contributed by atoms with Gasteiger partial charge in [-0.15, -0.1) is 0 Å². The lowest BCUT2D eigenvalue weighted by molar-refractivity contribution is -0.272. The molecule has 0 amide bonds. The van der Waals surface area contributed by atoms with Gasteiger partial charge in [-0.05, 0) is 84.4 Å². The Morgan fingerprint density at radius 2 is 0.935 bits per heavy atom. The number of rotatable bonds is 26. The normalized spacial score (nSPS) is 16.9. The predicted octanol–water partition coefficient (Wildman–Crippen LogP) is 8.61. The van der Waals surface area contributed by atoms with Crippen LogP contribution in [-0.4, -0.2) is 62.9 Å². The van der Waals surface area contributed by atoms with Gasteiger partial charge in [0.25, 0.3) is 0 Å². The standard InChI is InChI=1S/C36H62O10/c1-11-15-18-31(13-3)23-39-25(5)41-27(7)43-29(9)45-35(37)33-20-17-21-34(22-33)36(38)46-30(10)44-28(8)42-26(6)40-24-32(14-4)19-16-12-2/h17,20-22,25-32H,11-16,18-19,23-24H2,1-10H3. The third kappa shape index (κ3) is 18.3. The highest BCUT2D eigenvalue weighted by Gasteiger charge is 2.21. The van der Waals surface area contributed by atoms with Crippen molar-refractivity contribution in [2.24, 2.45) is 11.8 Å². The van der Waals surface area contributed by atoms with Crippen molar-refractivity contribution in [1.82, 2.24) is 0 Å². The third-order valence-electron chi connectivity index (χ3n) is 7.63. The largest absolute Gasteiger partial charge is 0.432 e. The van der Waals surface area contributed by atoms with Crippen molar-refractivity contribution in [2.75, 3.05) is 13.2 Å². The molecular formula is C36H62O10. The van der Waals surface area contributed by atoms with E-state index in [1.165, 1.54) is 18.9 Å². The van der Waals surface area contributed by atoms with Crippen LogP contribution in [0, 0.1) is 11.8 Å². The molecular weight excluding hydrogens is 592 g/mol. The number of unbranched alkanes of at least 4 members (excludes halogenated alkanes) is 2. The monoisotopic (exact) mass is 654 g/mol. The summed E-state index contributed by atoms with van der Waals surface area (Å²) in [6.45, 7) is 20.2. The van der Waals surface area contributed by atoms with E-state index in [1.807, 2.05) is 13.8 Å². The van der Waals surface area contributed by atoms with E-state index >= 15 is 0 Å². The maximum absolute atomic E-state index is 12.8. The number of hydrogen-bond donors (Lipinski definition) is 0. The minimum absolute atomic E-state index is 0.174. The molecule has 0 aromatic heterocycles. The van der Waals surface area contributed by atoms with Crippen LogP contribution in [0.1, 0.15) is 141 Å². The highest BCUT2D eigenvalue weighted by Crippen LogP contribution is 2.17. The lowest BCUT2D eigenvalue weighted by Crippen LogP contribution is -2.29. The number of ether oxygens (including phenoxy) is 8. The van der Waals surface area contributed by atoms with Crippen LogP contribution in [0.5, 0.6) is 0 Å². The summed E-state index contributed by atoms with van der Waals surface area (Å²) in [6.07, 6.45) is 4.98. The molecule has 0 spiro atoms. The zero-order valence-corrected chi connectivity index (χ0v) is 30.1. The second-order valence-electron chi connectivity index (χ2n) is 11.8. The predicted molar refractivity (Wildman–Crippen MR) is 177 cm³/mol. The average molecular weight is 655 g/mol. The summed E-state index contributed by atoms with van der Waals surface area (Å²) in [5.41, 5.74) is 0.349. The Hall–Kier alpha value is -2.08. The number of hydrogen-bond acceptors (Lipinski definition) is 10. The SMILES string of the molecule is CCCCC(CC)COC(C)OC(C)OC(C)OC(=O)c1cccc(C(=O)OC(C)OC(C)OC(C)OCC(CC)CCCC)c1. The van der Waals surface area contributed by atoms with E-state index in [4.69, 9.17) is 37.9 Å². The number of carbonyl (C=O) groups is 2. The van der Waals surface area contributed by atoms with Crippen molar-refractivity contribution in [3.05, 3.63) is 35.4 Å². The van der Waals surface area contributed by atoms with Crippen LogP contribution >= 0.6 is 0 Å². The number of carbonyl (C=O) groups excluding carboxylic acids is 2. The van der Waals surface area contributed by atoms with Crippen molar-refractivity contribution >= 4 is 11.9 Å². The molecule has 46 heavy (non-hydrogen) atoms. The molecule has 10 heteroatoms. The Balaban J connectivity index is 2.51. The van der Waals surface area contributed by atoms with Gasteiger partial charge < -0.3 is 37.9 Å². The van der Waals surface area contributed by atoms with Crippen LogP contribution in [0.25, 0.3) is 0 Å². The van der Waals surface area contributed by atoms with E-state index in [9.17, 15) is 9.59 Å². The molecule has 0 aliphatic rings. The molecule has 0 heterocycles. The van der Waals surface area contributed by atoms with Gasteiger partial charge in [-0.3, -0.25) is 0 Å². The van der Waals surface area contributed by atoms with Crippen molar-refractivity contribution < 1.29 is 47.5 Å². The first-order valence-electron chi connectivity index (χ1n) is 17.3. The van der Waals surface area contributed by atoms with Crippen LogP contribution < -0.4 is 0 Å². The summed E-state index contributed by atoms with van der Waals surface area (Å²) in [4.78, 5) is 25.6. The van der Waals surface area contributed by atoms with Crippen LogP contribution in [0.2, 0.25) is 0 Å². The molecule has 0 saturated carbocycles. The molecule has 0 aliphatic heterocycles. The van der Waals surface area contributed by atoms with Crippen molar-refractivity contribution in [3.63, 3.8) is 0 Å². The number of esters is 2. The average Bonchev–Trinajstić information content (AvgIpc) is 3.00. The summed E-state index contributed by atoms with van der Waals surface area (Å²) < 4.78 is 45.4. The van der Waals surface area contributed by atoms with Gasteiger partial charge in [0.05, 0.1) is 24.3 Å². The molecule has 1 rings (SSSR count). The molecule has 0 bridgehead atoms. The molecule has 0 N–H and O–H groups in total. The highest BCUT2D eigenvalue weighted by atomic mass is 16.8. The maximum Gasteiger partial charge on any atom is 0.340 e. The zero-order chi connectivity index (χ0) is 34.5. The van der Waals surface area contributed by atoms with Gasteiger partial charge in [0.2, 0.25) is 12.6 Å². The summed E-state index contributed by atoms with van der Waals surface area (Å²) >= 11 is 0. The molecule has 8 unspecified atom stereocenters. The summed E-state index contributed by atoms with van der Waals surface area (Å²) in [5, 5.41) is 0. The molecule has 266 valence electrons. The summed E-state index contributed by atoms with van der Waals surface area (Å²) in [5.74, 6) is -0.312. The fourth-order valence-electron chi connectivity index (χ4n) is 4.83. The van der Waals surface area contributed by atoms with Crippen molar-refractivity contribution in [2.45, 2.75) is 158 Å². The first kappa shape index (κ1) is 41.9. The Labute approximate surface area is 278 Å². The number of benzene rings is 1. The van der Waals surface area contributed by atoms with Crippen LogP contribution in [0.15, 0.2) is 24.3 Å². The van der Waals surface area contributed by atoms with Crippen molar-refractivity contribution in [3.8, 4) is 0 Å². The molecule has 1 aromatic carbocycles. The minimum Gasteiger partial charge on any atom is -0.432 e. The highest BCUT2D eigenvalue weighted by molar-refractivity contribution is 5.95. The molecule has 0 radical (unpaired) electrons. The summed E-state index contributed by atoms with van der Waals surface area (Å²) in [6, 6.07) is 6.08. The van der Waals surface area contributed by atoms with E-state index in [0.29, 0.717) is 25.0 Å². The molecule has 10 nitrogen and oxygen atoms in total. The first-order chi connectivity index (χ1) is 21.9. The molecule has 8 atom stereocenters. The van der Waals surface area contributed by atoms with E-state index in [0.717, 1.165) is 38.5 Å². The van der Waals surface area contributed by atoms with E-state index in [1.54, 1.807) is 45.9 Å². The van der Waals surface area contributed by atoms with E-state index < -0.39 is 49.7 Å². The fourth-order valence-corrected chi connectivity index (χ4v) is 4.83. The first-order valence-corrected chi connectivity index (χ1v) is 17.3. The molecule has 0 fully saturated rings. The lowest BCUT2D eigenvalue weighted by atomic mass is 10.0. The zero-order valence-electron chi connectivity index (χ0n) is 30.1. The second kappa shape index (κ2) is 24.1. The lowest BCUT2D eigenvalue weighted by Gasteiger charge is -2.24. The maximum atomic E-state index is 12.8. The van der Waals surface area contributed by atoms with Gasteiger partial charge in [0.15, 0.2) is 25.2 Å². The Morgan fingerprint density at radius 1 is 0.565 bits per heavy atom. The van der Waals surface area contributed by atoms with E-state index in [-0.39, 0.29) is 11.1 Å². The Morgan fingerprint density at radius 3 is 1.28 bits per heavy atom. The molecule has 1 aromatic rings. The van der Waals surface area contributed by atoms with Gasteiger partial charge in [-0.1, -0.05) is 72.3 Å². The van der Waals surface area contributed by atoms with Crippen LogP contribution in [0.4, 0.5) is 0 Å². The van der Waals surface area contributed by atoms with Gasteiger partial charge in [-0.25, -0.2) is 9.59 Å². The summed E-state index contributed by atoms with van der Waals surface area (Å²) in [7, 11) is 0. The van der Waals surface area contributed by atoms with Crippen LogP contribution in [-0.2, 0) is 37.9 Å². The second-order valence-corrected chi connectivity index (χ2v) is 11.8. The minimum atomic E-state index is -0.899. The molecule has 0 aliphatic carbocycles. The van der Waals surface area contributed by atoms with Gasteiger partial charge >= 0.3 is 11.9 Å². The van der Waals surface area contributed by atoms with Crippen molar-refractivity contribution in [1.29, 1.82) is 0 Å². The fraction of sp³-hybridized carbons (Fsp3) is 0.778. The van der Waals surface area contributed by atoms with Crippen LogP contribution in [0.3, 0.4) is 0 Å². The molecule has 0 saturated heterocycles. The topological polar surface area (TPSA) is 108 Å². The Bertz CT molecular complexity index is 885. The smallest absolute Gasteiger partial charge is 0.340 e. The quantitative estimate of drug-likeness (QED) is 0.0712. The van der Waals surface area contributed by atoms with Gasteiger partial charge in [-0.2, -0.15) is 0 Å². The van der Waals surface area contributed by atoms with Gasteiger partial charge in [0, 0.05) is 0 Å². The Kier molecular flexibility index (Phi) is 22.0.